The van der Waals surface area contributed by atoms with Gasteiger partial charge in [-0.05, 0) is 59.1 Å². The standard InChI is InChI=1S/C13H13BrN2O/c1-8-3-4-11(5-9(8)2)17-13-12(14)6-10(15)7-16-13/h3-7H,15H2,1-2H3. The molecule has 2 aromatic rings. The minimum Gasteiger partial charge on any atom is -0.438 e. The average molecular weight is 293 g/mol. The summed E-state index contributed by atoms with van der Waals surface area (Å²) in [5, 5.41) is 0. The van der Waals surface area contributed by atoms with Crippen molar-refractivity contribution in [3.63, 3.8) is 0 Å². The largest absolute Gasteiger partial charge is 0.438 e. The smallest absolute Gasteiger partial charge is 0.233 e. The van der Waals surface area contributed by atoms with E-state index in [2.05, 4.69) is 27.8 Å². The molecule has 1 aromatic heterocycles. The van der Waals surface area contributed by atoms with E-state index in [1.807, 2.05) is 25.1 Å². The van der Waals surface area contributed by atoms with E-state index in [1.54, 1.807) is 12.3 Å². The lowest BCUT2D eigenvalue weighted by Crippen LogP contribution is -1.93. The second-order valence-corrected chi connectivity index (χ2v) is 4.76. The van der Waals surface area contributed by atoms with Gasteiger partial charge in [0.15, 0.2) is 0 Å². The van der Waals surface area contributed by atoms with Crippen LogP contribution in [0.4, 0.5) is 5.69 Å². The van der Waals surface area contributed by atoms with Crippen LogP contribution in [-0.2, 0) is 0 Å². The fourth-order valence-electron chi connectivity index (χ4n) is 1.40. The van der Waals surface area contributed by atoms with Crippen LogP contribution in [0.1, 0.15) is 11.1 Å². The van der Waals surface area contributed by atoms with Crippen molar-refractivity contribution in [3.05, 3.63) is 46.1 Å². The van der Waals surface area contributed by atoms with Crippen LogP contribution in [0, 0.1) is 13.8 Å². The zero-order valence-electron chi connectivity index (χ0n) is 9.70. The summed E-state index contributed by atoms with van der Waals surface area (Å²) in [6, 6.07) is 7.70. The second-order valence-electron chi connectivity index (χ2n) is 3.90. The molecule has 1 aromatic carbocycles. The first-order valence-electron chi connectivity index (χ1n) is 5.22. The van der Waals surface area contributed by atoms with E-state index >= 15 is 0 Å². The van der Waals surface area contributed by atoms with Gasteiger partial charge in [-0.1, -0.05) is 6.07 Å². The van der Waals surface area contributed by atoms with Gasteiger partial charge < -0.3 is 10.5 Å². The molecule has 0 saturated carbocycles. The predicted molar refractivity (Wildman–Crippen MR) is 72.3 cm³/mol. The Morgan fingerprint density at radius 3 is 2.59 bits per heavy atom. The highest BCUT2D eigenvalue weighted by atomic mass is 79.9. The molecule has 3 nitrogen and oxygen atoms in total. The highest BCUT2D eigenvalue weighted by Crippen LogP contribution is 2.29. The maximum absolute atomic E-state index is 5.69. The van der Waals surface area contributed by atoms with E-state index in [0.29, 0.717) is 11.6 Å². The summed E-state index contributed by atoms with van der Waals surface area (Å²) < 4.78 is 6.43. The first-order valence-corrected chi connectivity index (χ1v) is 6.01. The van der Waals surface area contributed by atoms with Crippen molar-refractivity contribution in [2.24, 2.45) is 0 Å². The fourth-order valence-corrected chi connectivity index (χ4v) is 1.85. The van der Waals surface area contributed by atoms with Crippen LogP contribution in [0.5, 0.6) is 11.6 Å². The minimum atomic E-state index is 0.516. The van der Waals surface area contributed by atoms with Crippen LogP contribution in [0.25, 0.3) is 0 Å². The van der Waals surface area contributed by atoms with E-state index < -0.39 is 0 Å². The summed E-state index contributed by atoms with van der Waals surface area (Å²) in [7, 11) is 0. The zero-order chi connectivity index (χ0) is 12.4. The molecule has 2 N–H and O–H groups in total. The third-order valence-corrected chi connectivity index (χ3v) is 3.09. The number of benzene rings is 1. The molecule has 0 amide bonds. The summed E-state index contributed by atoms with van der Waals surface area (Å²) in [6.45, 7) is 4.12. The second kappa shape index (κ2) is 4.75. The molecule has 0 fully saturated rings. The molecule has 0 aliphatic carbocycles. The van der Waals surface area contributed by atoms with Gasteiger partial charge in [0, 0.05) is 0 Å². The van der Waals surface area contributed by atoms with Crippen LogP contribution in [0.2, 0.25) is 0 Å². The number of rotatable bonds is 2. The number of aromatic nitrogens is 1. The van der Waals surface area contributed by atoms with Gasteiger partial charge in [0.2, 0.25) is 5.88 Å². The monoisotopic (exact) mass is 292 g/mol. The van der Waals surface area contributed by atoms with Gasteiger partial charge in [0.05, 0.1) is 16.4 Å². The Labute approximate surface area is 109 Å². The molecule has 17 heavy (non-hydrogen) atoms. The number of hydrogen-bond donors (Lipinski definition) is 1. The number of anilines is 1. The Kier molecular flexibility index (Phi) is 3.33. The Morgan fingerprint density at radius 1 is 1.18 bits per heavy atom. The van der Waals surface area contributed by atoms with E-state index in [1.165, 1.54) is 11.1 Å². The number of hydrogen-bond acceptors (Lipinski definition) is 3. The van der Waals surface area contributed by atoms with Gasteiger partial charge in [0.25, 0.3) is 0 Å². The quantitative estimate of drug-likeness (QED) is 0.915. The molecule has 88 valence electrons. The Balaban J connectivity index is 2.28. The lowest BCUT2D eigenvalue weighted by Gasteiger charge is -2.08. The predicted octanol–water partition coefficient (Wildman–Crippen LogP) is 3.84. The van der Waals surface area contributed by atoms with Crippen LogP contribution in [0.15, 0.2) is 34.9 Å². The average Bonchev–Trinajstić information content (AvgIpc) is 2.27. The summed E-state index contributed by atoms with van der Waals surface area (Å²) in [6.07, 6.45) is 1.57. The molecule has 0 spiro atoms. The van der Waals surface area contributed by atoms with Gasteiger partial charge in [-0.2, -0.15) is 0 Å². The lowest BCUT2D eigenvalue weighted by molar-refractivity contribution is 0.459. The lowest BCUT2D eigenvalue weighted by atomic mass is 10.1. The molecule has 0 radical (unpaired) electrons. The summed E-state index contributed by atoms with van der Waals surface area (Å²) in [5.41, 5.74) is 8.64. The van der Waals surface area contributed by atoms with Crippen molar-refractivity contribution in [2.75, 3.05) is 5.73 Å². The van der Waals surface area contributed by atoms with E-state index in [4.69, 9.17) is 10.5 Å². The van der Waals surface area contributed by atoms with Crippen LogP contribution in [0.3, 0.4) is 0 Å². The van der Waals surface area contributed by atoms with Gasteiger partial charge >= 0.3 is 0 Å². The summed E-state index contributed by atoms with van der Waals surface area (Å²) >= 11 is 3.37. The number of halogens is 1. The minimum absolute atomic E-state index is 0.516. The highest BCUT2D eigenvalue weighted by Gasteiger charge is 2.05. The van der Waals surface area contributed by atoms with Gasteiger partial charge in [0.1, 0.15) is 5.75 Å². The van der Waals surface area contributed by atoms with Crippen LogP contribution >= 0.6 is 15.9 Å². The van der Waals surface area contributed by atoms with Crippen molar-refractivity contribution < 1.29 is 4.74 Å². The highest BCUT2D eigenvalue weighted by molar-refractivity contribution is 9.10. The van der Waals surface area contributed by atoms with Gasteiger partial charge in [-0.15, -0.1) is 0 Å². The molecule has 0 unspecified atom stereocenters. The van der Waals surface area contributed by atoms with Crippen LogP contribution < -0.4 is 10.5 Å². The molecule has 1 heterocycles. The Bertz CT molecular complexity index is 555. The molecular formula is C13H13BrN2O. The SMILES string of the molecule is Cc1ccc(Oc2ncc(N)cc2Br)cc1C. The maximum atomic E-state index is 5.69. The van der Waals surface area contributed by atoms with Crippen molar-refractivity contribution >= 4 is 21.6 Å². The summed E-state index contributed by atoms with van der Waals surface area (Å²) in [4.78, 5) is 4.13. The zero-order valence-corrected chi connectivity index (χ0v) is 11.3. The normalized spacial score (nSPS) is 10.3. The molecule has 0 saturated heterocycles. The first kappa shape index (κ1) is 11.9. The first-order chi connectivity index (χ1) is 8.06. The number of nitrogen functional groups attached to an aromatic ring is 1. The molecule has 0 aliphatic rings. The number of nitrogens with zero attached hydrogens (tertiary/aromatic N) is 1. The van der Waals surface area contributed by atoms with Crippen molar-refractivity contribution in [1.29, 1.82) is 0 Å². The maximum Gasteiger partial charge on any atom is 0.233 e. The molecule has 2 rings (SSSR count). The van der Waals surface area contributed by atoms with Crippen molar-refractivity contribution in [3.8, 4) is 11.6 Å². The number of nitrogens with two attached hydrogens (primary N) is 1. The number of aryl methyl sites for hydroxylation is 2. The molecule has 0 bridgehead atoms. The Morgan fingerprint density at radius 2 is 1.94 bits per heavy atom. The summed E-state index contributed by atoms with van der Waals surface area (Å²) in [5.74, 6) is 1.29. The van der Waals surface area contributed by atoms with Crippen molar-refractivity contribution in [2.45, 2.75) is 13.8 Å². The van der Waals surface area contributed by atoms with E-state index in [9.17, 15) is 0 Å². The van der Waals surface area contributed by atoms with Crippen molar-refractivity contribution in [1.82, 2.24) is 4.98 Å². The Hall–Kier alpha value is -1.55. The van der Waals surface area contributed by atoms with E-state index in [0.717, 1.165) is 10.2 Å². The molecule has 0 atom stereocenters. The molecular weight excluding hydrogens is 280 g/mol. The van der Waals surface area contributed by atoms with E-state index in [-0.39, 0.29) is 0 Å². The topological polar surface area (TPSA) is 48.1 Å². The number of ether oxygens (including phenoxy) is 1. The molecule has 4 heteroatoms. The third kappa shape index (κ3) is 2.77. The fraction of sp³-hybridized carbons (Fsp3) is 0.154. The van der Waals surface area contributed by atoms with Gasteiger partial charge in [-0.3, -0.25) is 0 Å². The van der Waals surface area contributed by atoms with Crippen LogP contribution in [-0.4, -0.2) is 4.98 Å². The third-order valence-electron chi connectivity index (χ3n) is 2.52. The number of pyridine rings is 1. The van der Waals surface area contributed by atoms with Gasteiger partial charge in [-0.25, -0.2) is 4.98 Å². The molecule has 0 aliphatic heterocycles.